The molecule has 1 aromatic rings. The number of ether oxygens (including phenoxy) is 1. The highest BCUT2D eigenvalue weighted by Crippen LogP contribution is 2.28. The summed E-state index contributed by atoms with van der Waals surface area (Å²) in [6.07, 6.45) is -0.521. The minimum atomic E-state index is -0.915. The molecule has 8 nitrogen and oxygen atoms in total. The van der Waals surface area contributed by atoms with Crippen LogP contribution in [-0.2, 0) is 9.59 Å². The normalized spacial score (nSPS) is 19.4. The number of halogens is 1. The molecule has 4 N–H and O–H groups in total. The van der Waals surface area contributed by atoms with Gasteiger partial charge in [0, 0.05) is 13.1 Å². The maximum Gasteiger partial charge on any atom is 0.259 e. The topological polar surface area (TPSA) is 122 Å². The van der Waals surface area contributed by atoms with Crippen molar-refractivity contribution in [2.24, 2.45) is 5.73 Å². The molecule has 2 atom stereocenters. The summed E-state index contributed by atoms with van der Waals surface area (Å²) in [5, 5.41) is 13.3. The lowest BCUT2D eigenvalue weighted by molar-refractivity contribution is -0.120. The van der Waals surface area contributed by atoms with Crippen LogP contribution in [0.15, 0.2) is 18.2 Å². The third-order valence-electron chi connectivity index (χ3n) is 4.10. The van der Waals surface area contributed by atoms with Crippen molar-refractivity contribution in [1.82, 2.24) is 10.2 Å². The number of piperidine rings is 1. The van der Waals surface area contributed by atoms with E-state index >= 15 is 0 Å². The first-order valence-corrected chi connectivity index (χ1v) is 9.82. The number of methoxy groups -OCH3 is 1. The zero-order valence-corrected chi connectivity index (χ0v) is 16.4. The van der Waals surface area contributed by atoms with Crippen LogP contribution in [0.1, 0.15) is 16.8 Å². The van der Waals surface area contributed by atoms with Gasteiger partial charge in [-0.05, 0) is 18.6 Å². The van der Waals surface area contributed by atoms with Crippen LogP contribution in [0.5, 0.6) is 5.75 Å². The van der Waals surface area contributed by atoms with E-state index in [2.05, 4.69) is 5.32 Å². The Balaban J connectivity index is 1.94. The molecule has 1 heterocycles. The van der Waals surface area contributed by atoms with Crippen molar-refractivity contribution < 1.29 is 24.2 Å². The lowest BCUT2D eigenvalue weighted by atomic mass is 10.0. The smallest absolute Gasteiger partial charge is 0.259 e. The predicted molar refractivity (Wildman–Crippen MR) is 103 cm³/mol. The van der Waals surface area contributed by atoms with E-state index in [1.54, 1.807) is 18.2 Å². The zero-order chi connectivity index (χ0) is 20.0. The molecule has 0 bridgehead atoms. The van der Waals surface area contributed by atoms with E-state index in [0.29, 0.717) is 18.7 Å². The van der Waals surface area contributed by atoms with Gasteiger partial charge in [-0.1, -0.05) is 17.7 Å². The Bertz CT molecular complexity index is 718. The molecule has 0 aromatic heterocycles. The van der Waals surface area contributed by atoms with Crippen LogP contribution in [0, 0.1) is 0 Å². The second kappa shape index (κ2) is 9.82. The average Bonchev–Trinajstić information content (AvgIpc) is 2.62. The largest absolute Gasteiger partial charge is 0.496 e. The number of β-amino-alcohol motifs (C(OH)–C–C–N with tert-alkyl or cyclic N) is 1. The van der Waals surface area contributed by atoms with E-state index in [1.807, 2.05) is 0 Å². The molecule has 1 aromatic carbocycles. The van der Waals surface area contributed by atoms with Gasteiger partial charge in [-0.25, -0.2) is 0 Å². The molecule has 1 aliphatic heterocycles. The Kier molecular flexibility index (Phi) is 7.76. The Morgan fingerprint density at radius 1 is 1.41 bits per heavy atom. The minimum Gasteiger partial charge on any atom is -0.496 e. The molecule has 0 spiro atoms. The summed E-state index contributed by atoms with van der Waals surface area (Å²) in [5.74, 6) is -0.622. The van der Waals surface area contributed by atoms with Crippen LogP contribution >= 0.6 is 23.4 Å². The highest BCUT2D eigenvalue weighted by Gasteiger charge is 2.33. The number of hydrogen-bond donors (Lipinski definition) is 3. The lowest BCUT2D eigenvalue weighted by Gasteiger charge is -2.36. The Morgan fingerprint density at radius 3 is 2.78 bits per heavy atom. The third kappa shape index (κ3) is 5.75. The van der Waals surface area contributed by atoms with E-state index < -0.39 is 18.1 Å². The first-order valence-electron chi connectivity index (χ1n) is 8.28. The maximum absolute atomic E-state index is 12.8. The van der Waals surface area contributed by atoms with Crippen molar-refractivity contribution >= 4 is 41.1 Å². The number of nitrogens with one attached hydrogen (secondary N) is 1. The van der Waals surface area contributed by atoms with Crippen LogP contribution in [0.4, 0.5) is 0 Å². The molecule has 1 saturated heterocycles. The zero-order valence-electron chi connectivity index (χ0n) is 14.8. The number of likely N-dealkylation sites (tertiary alicyclic amines) is 1. The summed E-state index contributed by atoms with van der Waals surface area (Å²) in [6.45, 7) is 0.413. The predicted octanol–water partition coefficient (Wildman–Crippen LogP) is 0.259. The van der Waals surface area contributed by atoms with E-state index in [4.69, 9.17) is 22.1 Å². The number of carbonyl (C=O) groups is 3. The number of benzene rings is 1. The molecule has 3 amide bonds. The van der Waals surface area contributed by atoms with Crippen LogP contribution in [-0.4, -0.2) is 71.6 Å². The van der Waals surface area contributed by atoms with Crippen LogP contribution in [0.2, 0.25) is 5.02 Å². The number of thioether (sulfide) groups is 1. The molecular formula is C17H22ClN3O5S. The second-order valence-corrected chi connectivity index (χ2v) is 7.45. The summed E-state index contributed by atoms with van der Waals surface area (Å²) < 4.78 is 5.21. The van der Waals surface area contributed by atoms with Gasteiger partial charge in [-0.2, -0.15) is 0 Å². The fourth-order valence-corrected chi connectivity index (χ4v) is 3.64. The monoisotopic (exact) mass is 415 g/mol. The molecule has 1 fully saturated rings. The fourth-order valence-electron chi connectivity index (χ4n) is 2.82. The van der Waals surface area contributed by atoms with Gasteiger partial charge in [-0.15, -0.1) is 11.8 Å². The molecule has 27 heavy (non-hydrogen) atoms. The van der Waals surface area contributed by atoms with Gasteiger partial charge in [0.05, 0.1) is 35.8 Å². The number of nitrogens with zero attached hydrogens (tertiary/aromatic N) is 1. The van der Waals surface area contributed by atoms with Crippen LogP contribution < -0.4 is 15.8 Å². The molecule has 0 aliphatic carbocycles. The van der Waals surface area contributed by atoms with Gasteiger partial charge >= 0.3 is 0 Å². The number of amides is 3. The number of nitrogens with two attached hydrogens (primary N) is 1. The molecule has 148 valence electrons. The molecule has 1 aliphatic rings. The first kappa shape index (κ1) is 21.3. The van der Waals surface area contributed by atoms with Crippen molar-refractivity contribution in [2.75, 3.05) is 31.7 Å². The van der Waals surface area contributed by atoms with Gasteiger partial charge in [0.15, 0.2) is 0 Å². The summed E-state index contributed by atoms with van der Waals surface area (Å²) in [6, 6.07) is 4.46. The molecule has 2 unspecified atom stereocenters. The van der Waals surface area contributed by atoms with Gasteiger partial charge in [-0.3, -0.25) is 14.4 Å². The number of aliphatic hydroxyl groups excluding tert-OH is 1. The molecule has 0 saturated carbocycles. The van der Waals surface area contributed by atoms with E-state index in [1.165, 1.54) is 12.0 Å². The van der Waals surface area contributed by atoms with Crippen molar-refractivity contribution in [2.45, 2.75) is 18.6 Å². The highest BCUT2D eigenvalue weighted by atomic mass is 35.5. The third-order valence-corrected chi connectivity index (χ3v) is 5.37. The summed E-state index contributed by atoms with van der Waals surface area (Å²) in [7, 11) is 1.45. The Labute approximate surface area is 166 Å². The number of carbonyl (C=O) groups excluding carboxylic acids is 3. The van der Waals surface area contributed by atoms with Crippen molar-refractivity contribution in [3.63, 3.8) is 0 Å². The van der Waals surface area contributed by atoms with E-state index in [-0.39, 0.29) is 40.5 Å². The van der Waals surface area contributed by atoms with E-state index in [9.17, 15) is 19.5 Å². The number of aliphatic hydroxyl groups is 1. The quantitative estimate of drug-likeness (QED) is 0.587. The Morgan fingerprint density at radius 2 is 2.15 bits per heavy atom. The number of rotatable bonds is 7. The van der Waals surface area contributed by atoms with Gasteiger partial charge in [0.2, 0.25) is 11.8 Å². The molecular weight excluding hydrogens is 394 g/mol. The fraction of sp³-hybridized carbons (Fsp3) is 0.471. The Hall–Kier alpha value is -1.97. The summed E-state index contributed by atoms with van der Waals surface area (Å²) >= 11 is 7.25. The SMILES string of the molecule is COc1cccc(Cl)c1C(=O)N1CCC(NC(=O)CSCC(N)=O)C(O)C1. The van der Waals surface area contributed by atoms with Crippen molar-refractivity contribution in [3.8, 4) is 5.75 Å². The van der Waals surface area contributed by atoms with Gasteiger partial charge in [0.1, 0.15) is 11.3 Å². The standard InChI is InChI=1S/C17H22ClN3O5S/c1-26-13-4-2-3-10(18)16(13)17(25)21-6-5-11(12(22)7-21)20-15(24)9-27-8-14(19)23/h2-4,11-12,22H,5-9H2,1H3,(H2,19,23)(H,20,24). The van der Waals surface area contributed by atoms with Crippen molar-refractivity contribution in [3.05, 3.63) is 28.8 Å². The minimum absolute atomic E-state index is 0.0581. The summed E-state index contributed by atoms with van der Waals surface area (Å²) in [4.78, 5) is 36.9. The van der Waals surface area contributed by atoms with Crippen LogP contribution in [0.3, 0.4) is 0 Å². The summed E-state index contributed by atoms with van der Waals surface area (Å²) in [5.41, 5.74) is 5.27. The number of primary amides is 1. The van der Waals surface area contributed by atoms with Crippen LogP contribution in [0.25, 0.3) is 0 Å². The highest BCUT2D eigenvalue weighted by molar-refractivity contribution is 8.00. The number of hydrogen-bond acceptors (Lipinski definition) is 6. The maximum atomic E-state index is 12.8. The van der Waals surface area contributed by atoms with Gasteiger partial charge in [0.25, 0.3) is 5.91 Å². The van der Waals surface area contributed by atoms with E-state index in [0.717, 1.165) is 11.8 Å². The molecule has 10 heteroatoms. The van der Waals surface area contributed by atoms with Crippen molar-refractivity contribution in [1.29, 1.82) is 0 Å². The molecule has 2 rings (SSSR count). The average molecular weight is 416 g/mol. The first-order chi connectivity index (χ1) is 12.8. The van der Waals surface area contributed by atoms with Gasteiger partial charge < -0.3 is 25.8 Å². The second-order valence-electron chi connectivity index (χ2n) is 6.06. The molecule has 0 radical (unpaired) electrons. The lowest BCUT2D eigenvalue weighted by Crippen LogP contribution is -2.55.